The highest BCUT2D eigenvalue weighted by Gasteiger charge is 2.32. The lowest BCUT2D eigenvalue weighted by Crippen LogP contribution is -2.46. The van der Waals surface area contributed by atoms with Crippen LogP contribution in [0.25, 0.3) is 0 Å². The molecule has 5 rings (SSSR count). The highest BCUT2D eigenvalue weighted by molar-refractivity contribution is 8.83. The Balaban J connectivity index is 1.06. The van der Waals surface area contributed by atoms with E-state index in [4.69, 9.17) is 24.4 Å². The minimum absolute atomic E-state index is 0.683. The van der Waals surface area contributed by atoms with Gasteiger partial charge < -0.3 is 9.80 Å². The second-order valence-corrected chi connectivity index (χ2v) is 18.9. The molecule has 1 aromatic rings. The number of hydrogen-bond donors (Lipinski definition) is 0. The van der Waals surface area contributed by atoms with Gasteiger partial charge in [0.25, 0.3) is 0 Å². The van der Waals surface area contributed by atoms with Crippen molar-refractivity contribution in [3.63, 3.8) is 0 Å². The van der Waals surface area contributed by atoms with Crippen molar-refractivity contribution in [3.05, 3.63) is 35.4 Å². The van der Waals surface area contributed by atoms with Gasteiger partial charge in [-0.25, -0.2) is 0 Å². The average Bonchev–Trinajstić information content (AvgIpc) is 3.04. The monoisotopic (exact) mass is 680 g/mol. The van der Waals surface area contributed by atoms with Crippen LogP contribution in [0.3, 0.4) is 0 Å². The molecule has 4 aliphatic carbocycles. The van der Waals surface area contributed by atoms with Gasteiger partial charge >= 0.3 is 0 Å². The van der Waals surface area contributed by atoms with Crippen LogP contribution in [0.1, 0.15) is 140 Å². The molecule has 4 aliphatic rings. The Hall–Kier alpha value is 0.400. The van der Waals surface area contributed by atoms with Crippen molar-refractivity contribution in [1.29, 1.82) is 0 Å². The van der Waals surface area contributed by atoms with Gasteiger partial charge in [0.05, 0.1) is 0 Å². The van der Waals surface area contributed by atoms with Crippen molar-refractivity contribution in [1.82, 2.24) is 9.80 Å². The first-order valence-electron chi connectivity index (χ1n) is 17.0. The summed E-state index contributed by atoms with van der Waals surface area (Å²) in [5.74, 6) is 2.02. The van der Waals surface area contributed by atoms with Crippen LogP contribution in [0.4, 0.5) is 0 Å². The summed E-state index contributed by atoms with van der Waals surface area (Å²) in [7, 11) is 7.58. The van der Waals surface area contributed by atoms with Crippen molar-refractivity contribution in [2.45, 2.75) is 164 Å². The molecule has 0 spiro atoms. The fourth-order valence-electron chi connectivity index (χ4n) is 7.74. The third-order valence-electron chi connectivity index (χ3n) is 10.0. The number of hydrogen-bond acceptors (Lipinski definition) is 6. The largest absolute Gasteiger partial charge is 0.351 e. The van der Waals surface area contributed by atoms with Gasteiger partial charge in [-0.2, -0.15) is 0 Å². The molecule has 4 saturated carbocycles. The van der Waals surface area contributed by atoms with Crippen LogP contribution >= 0.6 is 67.6 Å². The summed E-state index contributed by atoms with van der Waals surface area (Å²) in [6, 6.07) is 12.0. The van der Waals surface area contributed by atoms with Crippen molar-refractivity contribution >= 4 is 76.3 Å². The minimum Gasteiger partial charge on any atom is -0.351 e. The summed E-state index contributed by atoms with van der Waals surface area (Å²) < 4.78 is 2.30. The normalized spacial score (nSPS) is 21.7. The van der Waals surface area contributed by atoms with Crippen LogP contribution in [0.15, 0.2) is 24.3 Å². The molecule has 0 heterocycles. The first kappa shape index (κ1) is 33.8. The van der Waals surface area contributed by atoms with Crippen molar-refractivity contribution in [2.75, 3.05) is 0 Å². The van der Waals surface area contributed by atoms with Gasteiger partial charge in [-0.1, -0.05) is 147 Å². The summed E-state index contributed by atoms with van der Waals surface area (Å²) >= 11 is 12.2. The van der Waals surface area contributed by atoms with E-state index in [1.54, 1.807) is 0 Å². The van der Waals surface area contributed by atoms with E-state index in [-0.39, 0.29) is 0 Å². The second-order valence-electron chi connectivity index (χ2n) is 13.0. The van der Waals surface area contributed by atoms with Gasteiger partial charge in [0, 0.05) is 35.7 Å². The molecule has 0 amide bonds. The van der Waals surface area contributed by atoms with Crippen LogP contribution in [0, 0.1) is 0 Å². The maximum atomic E-state index is 6.09. The maximum Gasteiger partial charge on any atom is 0.147 e. The molecule has 8 heteroatoms. The molecule has 0 bridgehead atoms. The fraction of sp³-hybridized carbons (Fsp3) is 0.765. The predicted molar refractivity (Wildman–Crippen MR) is 201 cm³/mol. The molecular formula is C34H52N2S6. The molecule has 4 fully saturated rings. The summed E-state index contributed by atoms with van der Waals surface area (Å²) in [5.41, 5.74) is 2.80. The van der Waals surface area contributed by atoms with Crippen molar-refractivity contribution in [3.8, 4) is 0 Å². The van der Waals surface area contributed by atoms with E-state index in [1.165, 1.54) is 140 Å². The van der Waals surface area contributed by atoms with Crippen LogP contribution < -0.4 is 0 Å². The van der Waals surface area contributed by atoms with Gasteiger partial charge in [0.15, 0.2) is 0 Å². The van der Waals surface area contributed by atoms with Crippen LogP contribution in [0.5, 0.6) is 0 Å². The highest BCUT2D eigenvalue weighted by Crippen LogP contribution is 2.38. The lowest BCUT2D eigenvalue weighted by atomic mass is 9.89. The van der Waals surface area contributed by atoms with E-state index in [0.717, 1.165) is 20.1 Å². The smallest absolute Gasteiger partial charge is 0.147 e. The molecule has 0 aliphatic heterocycles. The molecule has 42 heavy (non-hydrogen) atoms. The molecular weight excluding hydrogens is 629 g/mol. The van der Waals surface area contributed by atoms with E-state index in [1.807, 2.05) is 43.2 Å². The Kier molecular flexibility index (Phi) is 14.9. The standard InChI is InChI=1S/C34H52N2S6/c37-33(35(29-13-5-1-6-14-29)30-15-7-2-8-16-30)41-39-25-27-21-23-28(24-22-27)26-40-42-34(38)36(31-17-9-3-10-18-31)32-19-11-4-12-20-32/h21-24,29-32H,1-20,25-26H2. The summed E-state index contributed by atoms with van der Waals surface area (Å²) in [4.78, 5) is 5.41. The number of thiocarbonyl (C=S) groups is 2. The third-order valence-corrected chi connectivity index (χ3v) is 15.8. The Morgan fingerprint density at radius 2 is 0.738 bits per heavy atom. The molecule has 0 atom stereocenters. The SMILES string of the molecule is S=C(SSCc1ccc(CSSC(=S)N(C2CCCCC2)C2CCCCC2)cc1)N(C1CCCCC1)C1CCCCC1. The van der Waals surface area contributed by atoms with Gasteiger partial charge in [-0.15, -0.1) is 0 Å². The zero-order valence-corrected chi connectivity index (χ0v) is 30.4. The zero-order valence-electron chi connectivity index (χ0n) is 25.5. The fourth-order valence-corrected chi connectivity index (χ4v) is 13.2. The quantitative estimate of drug-likeness (QED) is 0.176. The van der Waals surface area contributed by atoms with Crippen LogP contribution in [-0.4, -0.2) is 42.6 Å². The maximum absolute atomic E-state index is 6.09. The molecule has 234 valence electrons. The first-order chi connectivity index (χ1) is 20.7. The third kappa shape index (κ3) is 10.2. The van der Waals surface area contributed by atoms with E-state index in [2.05, 4.69) is 34.1 Å². The van der Waals surface area contributed by atoms with E-state index in [0.29, 0.717) is 24.2 Å². The molecule has 0 saturated heterocycles. The second kappa shape index (κ2) is 18.5. The lowest BCUT2D eigenvalue weighted by Gasteiger charge is -2.43. The Labute approximate surface area is 283 Å². The zero-order chi connectivity index (χ0) is 29.0. The number of nitrogens with zero attached hydrogens (tertiary/aromatic N) is 2. The number of benzene rings is 1. The van der Waals surface area contributed by atoms with Crippen LogP contribution in [0.2, 0.25) is 0 Å². The molecule has 2 nitrogen and oxygen atoms in total. The molecule has 0 radical (unpaired) electrons. The van der Waals surface area contributed by atoms with Gasteiger partial charge in [0.1, 0.15) is 8.64 Å². The van der Waals surface area contributed by atoms with Gasteiger partial charge in [-0.05, 0) is 84.1 Å². The Morgan fingerprint density at radius 3 is 1.00 bits per heavy atom. The summed E-state index contributed by atoms with van der Waals surface area (Å²) in [6.45, 7) is 0. The molecule has 0 N–H and O–H groups in total. The lowest BCUT2D eigenvalue weighted by molar-refractivity contribution is 0.164. The summed E-state index contributed by atoms with van der Waals surface area (Å²) in [6.07, 6.45) is 27.3. The van der Waals surface area contributed by atoms with Crippen molar-refractivity contribution in [2.24, 2.45) is 0 Å². The Bertz CT molecular complexity index is 834. The first-order valence-corrected chi connectivity index (χ1v) is 22.5. The van der Waals surface area contributed by atoms with Gasteiger partial charge in [0.2, 0.25) is 0 Å². The van der Waals surface area contributed by atoms with Crippen molar-refractivity contribution < 1.29 is 0 Å². The predicted octanol–water partition coefficient (Wildman–Crippen LogP) is 12.0. The number of rotatable bonds is 10. The molecule has 0 unspecified atom stereocenters. The van der Waals surface area contributed by atoms with Crippen LogP contribution in [-0.2, 0) is 11.5 Å². The highest BCUT2D eigenvalue weighted by atomic mass is 33.1. The summed E-state index contributed by atoms with van der Waals surface area (Å²) in [5, 5.41) is 0. The minimum atomic E-state index is 0.683. The Morgan fingerprint density at radius 1 is 0.476 bits per heavy atom. The molecule has 0 aromatic heterocycles. The van der Waals surface area contributed by atoms with E-state index >= 15 is 0 Å². The average molecular weight is 681 g/mol. The topological polar surface area (TPSA) is 6.48 Å². The van der Waals surface area contributed by atoms with Gasteiger partial charge in [-0.3, -0.25) is 0 Å². The van der Waals surface area contributed by atoms with E-state index in [9.17, 15) is 0 Å². The van der Waals surface area contributed by atoms with E-state index < -0.39 is 0 Å². The molecule has 1 aromatic carbocycles.